The number of anilines is 3. The second-order valence-electron chi connectivity index (χ2n) is 16.5. The van der Waals surface area contributed by atoms with Crippen LogP contribution in [0, 0.1) is 6.92 Å². The highest BCUT2D eigenvalue weighted by atomic mass is 16.3. The van der Waals surface area contributed by atoms with E-state index in [0.29, 0.717) is 0 Å². The van der Waals surface area contributed by atoms with Crippen LogP contribution >= 0.6 is 0 Å². The van der Waals surface area contributed by atoms with Crippen molar-refractivity contribution in [1.29, 1.82) is 0 Å². The van der Waals surface area contributed by atoms with Gasteiger partial charge in [-0.1, -0.05) is 170 Å². The highest BCUT2D eigenvalue weighted by Gasteiger charge is 2.24. The molecule has 0 fully saturated rings. The topological polar surface area (TPSA) is 21.3 Å². The van der Waals surface area contributed by atoms with E-state index < -0.39 is 0 Å². The molecule has 0 aliphatic heterocycles. The second kappa shape index (κ2) is 15.5. The summed E-state index contributed by atoms with van der Waals surface area (Å²) in [5, 5.41) is 4.64. The average molecular weight is 819 g/mol. The summed E-state index contributed by atoms with van der Waals surface area (Å²) in [7, 11) is 0. The Labute approximate surface area is 372 Å². The Hall–Kier alpha value is -8.40. The van der Waals surface area contributed by atoms with E-state index in [1.54, 1.807) is 0 Å². The van der Waals surface area contributed by atoms with Crippen LogP contribution < -0.4 is 4.90 Å². The molecular formula is C61H42N2O. The number of aromatic nitrogens is 1. The molecule has 0 N–H and O–H groups in total. The summed E-state index contributed by atoms with van der Waals surface area (Å²) >= 11 is 0. The third-order valence-corrected chi connectivity index (χ3v) is 12.7. The van der Waals surface area contributed by atoms with Crippen LogP contribution in [0.15, 0.2) is 241 Å². The number of hydrogen-bond acceptors (Lipinski definition) is 2. The summed E-state index contributed by atoms with van der Waals surface area (Å²) in [6.45, 7) is 2.22. The van der Waals surface area contributed by atoms with Crippen molar-refractivity contribution in [2.45, 2.75) is 6.92 Å². The van der Waals surface area contributed by atoms with Crippen molar-refractivity contribution in [3.63, 3.8) is 0 Å². The molecule has 302 valence electrons. The lowest BCUT2D eigenvalue weighted by Gasteiger charge is -2.28. The zero-order valence-electron chi connectivity index (χ0n) is 35.3. The summed E-state index contributed by atoms with van der Waals surface area (Å²) < 4.78 is 9.32. The molecule has 12 rings (SSSR count). The molecule has 2 aromatic heterocycles. The summed E-state index contributed by atoms with van der Waals surface area (Å²) in [6.07, 6.45) is 0. The molecule has 64 heavy (non-hydrogen) atoms. The van der Waals surface area contributed by atoms with Crippen LogP contribution in [-0.4, -0.2) is 4.57 Å². The summed E-state index contributed by atoms with van der Waals surface area (Å²) in [5.74, 6) is 0. The average Bonchev–Trinajstić information content (AvgIpc) is 3.92. The van der Waals surface area contributed by atoms with Crippen molar-refractivity contribution in [1.82, 2.24) is 4.57 Å². The van der Waals surface area contributed by atoms with E-state index in [1.165, 1.54) is 55.2 Å². The third-order valence-electron chi connectivity index (χ3n) is 12.7. The van der Waals surface area contributed by atoms with Crippen LogP contribution in [0.2, 0.25) is 0 Å². The number of rotatable bonds is 8. The molecule has 0 spiro atoms. The molecule has 0 atom stereocenters. The summed E-state index contributed by atoms with van der Waals surface area (Å²) in [5.41, 5.74) is 18.8. The molecule has 3 nitrogen and oxygen atoms in total. The number of benzene rings is 10. The van der Waals surface area contributed by atoms with Gasteiger partial charge >= 0.3 is 0 Å². The predicted molar refractivity (Wildman–Crippen MR) is 269 cm³/mol. The first-order valence-electron chi connectivity index (χ1n) is 21.9. The zero-order valence-corrected chi connectivity index (χ0v) is 35.3. The quantitative estimate of drug-likeness (QED) is 0.152. The first-order valence-corrected chi connectivity index (χ1v) is 21.9. The molecule has 0 radical (unpaired) electrons. The van der Waals surface area contributed by atoms with Gasteiger partial charge in [0.15, 0.2) is 0 Å². The molecule has 2 heterocycles. The Bertz CT molecular complexity index is 3610. The Morgan fingerprint density at radius 1 is 0.375 bits per heavy atom. The van der Waals surface area contributed by atoms with E-state index in [2.05, 4.69) is 253 Å². The van der Waals surface area contributed by atoms with Crippen molar-refractivity contribution < 1.29 is 4.42 Å². The van der Waals surface area contributed by atoms with Gasteiger partial charge in [0.05, 0.1) is 22.1 Å². The molecular weight excluding hydrogens is 777 g/mol. The fourth-order valence-corrected chi connectivity index (χ4v) is 9.77. The Morgan fingerprint density at radius 3 is 1.48 bits per heavy atom. The minimum atomic E-state index is 0.855. The highest BCUT2D eigenvalue weighted by Crippen LogP contribution is 2.48. The van der Waals surface area contributed by atoms with Gasteiger partial charge in [-0.2, -0.15) is 0 Å². The van der Waals surface area contributed by atoms with Crippen LogP contribution in [0.3, 0.4) is 0 Å². The fraction of sp³-hybridized carbons (Fsp3) is 0.0164. The maximum atomic E-state index is 6.96. The van der Waals surface area contributed by atoms with Crippen molar-refractivity contribution in [2.24, 2.45) is 0 Å². The van der Waals surface area contributed by atoms with E-state index in [1.807, 2.05) is 0 Å². The standard InChI is InChI=1S/C61H42N2O/c1-41-39-47(33-35-49(41)42-17-5-2-6-18-42)62(48-34-36-50(43-19-7-3-8-20-43)55(40-48)44-21-9-4-10-22-44)58-38-37-51(61-60(58)54-25-13-16-28-59(54)64-61)45-29-31-46(32-30-45)63-56-26-14-11-23-52(56)53-24-12-15-27-57(53)63/h2-40H,1H3. The molecule has 0 aliphatic rings. The van der Waals surface area contributed by atoms with Gasteiger partial charge in [0, 0.05) is 38.8 Å². The molecule has 12 aromatic rings. The van der Waals surface area contributed by atoms with Crippen LogP contribution in [0.1, 0.15) is 5.56 Å². The van der Waals surface area contributed by atoms with Gasteiger partial charge in [-0.15, -0.1) is 0 Å². The van der Waals surface area contributed by atoms with Gasteiger partial charge in [0.2, 0.25) is 0 Å². The molecule has 3 heteroatoms. The smallest absolute Gasteiger partial charge is 0.145 e. The Balaban J connectivity index is 1.06. The Morgan fingerprint density at radius 2 is 0.859 bits per heavy atom. The van der Waals surface area contributed by atoms with Gasteiger partial charge in [-0.05, 0) is 118 Å². The van der Waals surface area contributed by atoms with E-state index >= 15 is 0 Å². The fourth-order valence-electron chi connectivity index (χ4n) is 9.77. The maximum Gasteiger partial charge on any atom is 0.145 e. The van der Waals surface area contributed by atoms with E-state index in [4.69, 9.17) is 4.42 Å². The summed E-state index contributed by atoms with van der Waals surface area (Å²) in [6, 6.07) is 85.1. The Kier molecular flexibility index (Phi) is 9.05. The number of furan rings is 1. The zero-order chi connectivity index (χ0) is 42.6. The van der Waals surface area contributed by atoms with Crippen LogP contribution in [0.5, 0.6) is 0 Å². The van der Waals surface area contributed by atoms with Crippen molar-refractivity contribution in [3.05, 3.63) is 242 Å². The maximum absolute atomic E-state index is 6.96. The second-order valence-corrected chi connectivity index (χ2v) is 16.5. The molecule has 0 aliphatic carbocycles. The lowest BCUT2D eigenvalue weighted by atomic mass is 9.93. The molecule has 0 bridgehead atoms. The van der Waals surface area contributed by atoms with Crippen molar-refractivity contribution in [3.8, 4) is 50.2 Å². The number of hydrogen-bond donors (Lipinski definition) is 0. The number of para-hydroxylation sites is 3. The lowest BCUT2D eigenvalue weighted by molar-refractivity contribution is 0.670. The van der Waals surface area contributed by atoms with Gasteiger partial charge in [0.1, 0.15) is 11.2 Å². The van der Waals surface area contributed by atoms with E-state index in [-0.39, 0.29) is 0 Å². The number of fused-ring (bicyclic) bond motifs is 6. The van der Waals surface area contributed by atoms with Gasteiger partial charge in [0.25, 0.3) is 0 Å². The summed E-state index contributed by atoms with van der Waals surface area (Å²) in [4.78, 5) is 2.42. The number of nitrogens with zero attached hydrogens (tertiary/aromatic N) is 2. The normalized spacial score (nSPS) is 11.5. The molecule has 0 amide bonds. The minimum absolute atomic E-state index is 0.855. The van der Waals surface area contributed by atoms with E-state index in [0.717, 1.165) is 61.4 Å². The third kappa shape index (κ3) is 6.29. The van der Waals surface area contributed by atoms with Crippen LogP contribution in [0.25, 0.3) is 93.9 Å². The van der Waals surface area contributed by atoms with Crippen LogP contribution in [-0.2, 0) is 0 Å². The predicted octanol–water partition coefficient (Wildman–Crippen LogP) is 17.1. The van der Waals surface area contributed by atoms with Gasteiger partial charge < -0.3 is 13.9 Å². The van der Waals surface area contributed by atoms with Crippen molar-refractivity contribution >= 4 is 60.8 Å². The largest absolute Gasteiger partial charge is 0.455 e. The minimum Gasteiger partial charge on any atom is -0.455 e. The monoisotopic (exact) mass is 818 g/mol. The van der Waals surface area contributed by atoms with Crippen molar-refractivity contribution in [2.75, 3.05) is 4.90 Å². The first kappa shape index (κ1) is 37.4. The SMILES string of the molecule is Cc1cc(N(c2ccc(-c3ccccc3)c(-c3ccccc3)c2)c2ccc(-c3ccc(-n4c5ccccc5c5ccccc54)cc3)c3oc4ccccc4c23)ccc1-c1ccccc1. The van der Waals surface area contributed by atoms with E-state index in [9.17, 15) is 0 Å². The van der Waals surface area contributed by atoms with Gasteiger partial charge in [-0.3, -0.25) is 0 Å². The molecule has 0 saturated heterocycles. The highest BCUT2D eigenvalue weighted by molar-refractivity contribution is 6.17. The van der Waals surface area contributed by atoms with Crippen LogP contribution in [0.4, 0.5) is 17.1 Å². The molecule has 10 aromatic carbocycles. The lowest BCUT2D eigenvalue weighted by Crippen LogP contribution is -2.11. The van der Waals surface area contributed by atoms with Gasteiger partial charge in [-0.25, -0.2) is 0 Å². The number of aryl methyl sites for hydroxylation is 1. The first-order chi connectivity index (χ1) is 31.7. The molecule has 0 unspecified atom stereocenters. The molecule has 0 saturated carbocycles.